The summed E-state index contributed by atoms with van der Waals surface area (Å²) in [6.07, 6.45) is 8.44. The molecule has 0 N–H and O–H groups in total. The highest BCUT2D eigenvalue weighted by Crippen LogP contribution is 2.26. The highest BCUT2D eigenvalue weighted by molar-refractivity contribution is 4.66. The predicted molar refractivity (Wildman–Crippen MR) is 84.9 cm³/mol. The maximum atomic E-state index is 2.46. The van der Waals surface area contributed by atoms with E-state index in [4.69, 9.17) is 0 Å². The van der Waals surface area contributed by atoms with E-state index in [0.29, 0.717) is 0 Å². The summed E-state index contributed by atoms with van der Waals surface area (Å²) in [5.41, 5.74) is 0. The molecule has 0 heterocycles. The predicted octanol–water partition coefficient (Wildman–Crippen LogP) is 6.55. The summed E-state index contributed by atoms with van der Waals surface area (Å²) in [6.45, 7) is 16.7. The van der Waals surface area contributed by atoms with Gasteiger partial charge < -0.3 is 0 Å². The van der Waals surface area contributed by atoms with Gasteiger partial charge in [-0.1, -0.05) is 87.0 Å². The Labute approximate surface area is 117 Å². The van der Waals surface area contributed by atoms with Gasteiger partial charge in [-0.2, -0.15) is 0 Å². The fourth-order valence-electron chi connectivity index (χ4n) is 2.61. The third-order valence-electron chi connectivity index (χ3n) is 5.11. The standard InChI is InChI=1S/C18H38/c1-8-15(4)16(5)10-9-11-17(6)18(7)13-12-14(2)3/h14-18H,8-13H2,1-7H3. The molecule has 0 aliphatic carbocycles. The van der Waals surface area contributed by atoms with Crippen LogP contribution in [0.1, 0.15) is 87.0 Å². The Morgan fingerprint density at radius 3 is 1.44 bits per heavy atom. The van der Waals surface area contributed by atoms with Crippen molar-refractivity contribution >= 4 is 0 Å². The molecule has 0 saturated heterocycles. The lowest BCUT2D eigenvalue weighted by Gasteiger charge is -2.23. The smallest absolute Gasteiger partial charge is 0.0417 e. The minimum atomic E-state index is 0.866. The highest BCUT2D eigenvalue weighted by atomic mass is 14.2. The van der Waals surface area contributed by atoms with Crippen LogP contribution < -0.4 is 0 Å². The van der Waals surface area contributed by atoms with Crippen LogP contribution in [0.15, 0.2) is 0 Å². The lowest BCUT2D eigenvalue weighted by atomic mass is 9.83. The van der Waals surface area contributed by atoms with E-state index in [-0.39, 0.29) is 0 Å². The summed E-state index contributed by atoms with van der Waals surface area (Å²) in [4.78, 5) is 0. The normalized spacial score (nSPS) is 18.7. The lowest BCUT2D eigenvalue weighted by molar-refractivity contribution is 0.288. The Hall–Kier alpha value is 0. The van der Waals surface area contributed by atoms with E-state index in [9.17, 15) is 0 Å². The van der Waals surface area contributed by atoms with Crippen molar-refractivity contribution in [2.45, 2.75) is 87.0 Å². The van der Waals surface area contributed by atoms with Crippen molar-refractivity contribution in [3.8, 4) is 0 Å². The first-order chi connectivity index (χ1) is 8.38. The van der Waals surface area contributed by atoms with Gasteiger partial charge in [-0.05, 0) is 29.6 Å². The lowest BCUT2D eigenvalue weighted by Crippen LogP contribution is -2.11. The Kier molecular flexibility index (Phi) is 9.87. The van der Waals surface area contributed by atoms with Crippen LogP contribution in [-0.4, -0.2) is 0 Å². The molecule has 0 amide bonds. The molecule has 0 heteroatoms. The van der Waals surface area contributed by atoms with Crippen molar-refractivity contribution in [2.24, 2.45) is 29.6 Å². The van der Waals surface area contributed by atoms with Crippen molar-refractivity contribution in [2.75, 3.05) is 0 Å². The minimum absolute atomic E-state index is 0.866. The number of rotatable bonds is 10. The molecule has 0 nitrogen and oxygen atoms in total. The van der Waals surface area contributed by atoms with Crippen LogP contribution in [0.5, 0.6) is 0 Å². The Morgan fingerprint density at radius 2 is 1.00 bits per heavy atom. The first-order valence-electron chi connectivity index (χ1n) is 8.38. The largest absolute Gasteiger partial charge is 0.0651 e. The van der Waals surface area contributed by atoms with Gasteiger partial charge in [0, 0.05) is 0 Å². The molecule has 18 heavy (non-hydrogen) atoms. The molecule has 0 aromatic heterocycles. The average Bonchev–Trinajstić information content (AvgIpc) is 2.34. The number of hydrogen-bond acceptors (Lipinski definition) is 0. The fraction of sp³-hybridized carbons (Fsp3) is 1.00. The summed E-state index contributed by atoms with van der Waals surface area (Å²) in [5.74, 6) is 4.50. The van der Waals surface area contributed by atoms with Gasteiger partial charge in [0.2, 0.25) is 0 Å². The topological polar surface area (TPSA) is 0 Å². The summed E-state index contributed by atoms with van der Waals surface area (Å²) in [7, 11) is 0. The molecule has 0 fully saturated rings. The minimum Gasteiger partial charge on any atom is -0.0651 e. The van der Waals surface area contributed by atoms with Crippen LogP contribution in [0.4, 0.5) is 0 Å². The molecule has 0 aliphatic rings. The van der Waals surface area contributed by atoms with Gasteiger partial charge >= 0.3 is 0 Å². The van der Waals surface area contributed by atoms with E-state index in [1.54, 1.807) is 0 Å². The van der Waals surface area contributed by atoms with Crippen molar-refractivity contribution in [3.05, 3.63) is 0 Å². The quantitative estimate of drug-likeness (QED) is 0.415. The molecular formula is C18H38. The molecule has 0 radical (unpaired) electrons. The van der Waals surface area contributed by atoms with Gasteiger partial charge in [0.1, 0.15) is 0 Å². The SMILES string of the molecule is CCC(C)C(C)CCCC(C)C(C)CCC(C)C. The second kappa shape index (κ2) is 9.87. The summed E-state index contributed by atoms with van der Waals surface area (Å²) >= 11 is 0. The van der Waals surface area contributed by atoms with Crippen LogP contribution in [0.25, 0.3) is 0 Å². The third-order valence-corrected chi connectivity index (χ3v) is 5.11. The average molecular weight is 255 g/mol. The van der Waals surface area contributed by atoms with Crippen LogP contribution in [-0.2, 0) is 0 Å². The van der Waals surface area contributed by atoms with Gasteiger partial charge in [-0.3, -0.25) is 0 Å². The maximum Gasteiger partial charge on any atom is -0.0417 e. The molecule has 0 aromatic carbocycles. The van der Waals surface area contributed by atoms with Crippen molar-refractivity contribution in [1.29, 1.82) is 0 Å². The van der Waals surface area contributed by atoms with E-state index in [1.165, 1.54) is 38.5 Å². The maximum absolute atomic E-state index is 2.46. The Bertz CT molecular complexity index is 182. The van der Waals surface area contributed by atoms with Crippen molar-refractivity contribution in [3.63, 3.8) is 0 Å². The number of hydrogen-bond donors (Lipinski definition) is 0. The van der Waals surface area contributed by atoms with Crippen LogP contribution in [0, 0.1) is 29.6 Å². The zero-order valence-electron chi connectivity index (χ0n) is 14.1. The molecule has 0 spiro atoms. The molecule has 0 aliphatic heterocycles. The second-order valence-electron chi connectivity index (χ2n) is 7.22. The van der Waals surface area contributed by atoms with Gasteiger partial charge in [0.15, 0.2) is 0 Å². The second-order valence-corrected chi connectivity index (χ2v) is 7.22. The Morgan fingerprint density at radius 1 is 0.556 bits per heavy atom. The van der Waals surface area contributed by atoms with E-state index in [2.05, 4.69) is 48.5 Å². The molecular weight excluding hydrogens is 216 g/mol. The first-order valence-corrected chi connectivity index (χ1v) is 8.38. The van der Waals surface area contributed by atoms with E-state index in [0.717, 1.165) is 29.6 Å². The first kappa shape index (κ1) is 18.0. The van der Waals surface area contributed by atoms with Gasteiger partial charge in [0.05, 0.1) is 0 Å². The van der Waals surface area contributed by atoms with E-state index in [1.807, 2.05) is 0 Å². The monoisotopic (exact) mass is 254 g/mol. The highest BCUT2D eigenvalue weighted by Gasteiger charge is 2.14. The summed E-state index contributed by atoms with van der Waals surface area (Å²) < 4.78 is 0. The zero-order valence-corrected chi connectivity index (χ0v) is 14.1. The third kappa shape index (κ3) is 8.16. The van der Waals surface area contributed by atoms with Crippen LogP contribution in [0.2, 0.25) is 0 Å². The van der Waals surface area contributed by atoms with Crippen LogP contribution in [0.3, 0.4) is 0 Å². The van der Waals surface area contributed by atoms with Gasteiger partial charge in [-0.25, -0.2) is 0 Å². The zero-order chi connectivity index (χ0) is 14.1. The van der Waals surface area contributed by atoms with Crippen molar-refractivity contribution in [1.82, 2.24) is 0 Å². The van der Waals surface area contributed by atoms with E-state index >= 15 is 0 Å². The molecule has 0 saturated carbocycles. The molecule has 4 unspecified atom stereocenters. The molecule has 4 atom stereocenters. The molecule has 110 valence electrons. The van der Waals surface area contributed by atoms with E-state index < -0.39 is 0 Å². The summed E-state index contributed by atoms with van der Waals surface area (Å²) in [6, 6.07) is 0. The Balaban J connectivity index is 3.72. The molecule has 0 rings (SSSR count). The van der Waals surface area contributed by atoms with Crippen LogP contribution >= 0.6 is 0 Å². The van der Waals surface area contributed by atoms with Crippen molar-refractivity contribution < 1.29 is 0 Å². The summed E-state index contributed by atoms with van der Waals surface area (Å²) in [5, 5.41) is 0. The fourth-order valence-corrected chi connectivity index (χ4v) is 2.61. The van der Waals surface area contributed by atoms with Gasteiger partial charge in [0.25, 0.3) is 0 Å². The molecule has 0 aromatic rings. The van der Waals surface area contributed by atoms with Gasteiger partial charge in [-0.15, -0.1) is 0 Å². The molecule has 0 bridgehead atoms.